The molecule has 0 aliphatic carbocycles. The highest BCUT2D eigenvalue weighted by molar-refractivity contribution is 7.17. The molecule has 94 valence electrons. The largest absolute Gasteiger partial charge is 0.477 e. The van der Waals surface area contributed by atoms with Crippen LogP contribution >= 0.6 is 22.9 Å². The first kappa shape index (κ1) is 12.8. The van der Waals surface area contributed by atoms with Gasteiger partial charge in [0, 0.05) is 5.69 Å². The van der Waals surface area contributed by atoms with E-state index in [1.54, 1.807) is 13.0 Å². The molecule has 0 aliphatic heterocycles. The van der Waals surface area contributed by atoms with Crippen molar-refractivity contribution in [3.8, 4) is 0 Å². The van der Waals surface area contributed by atoms with Crippen LogP contribution in [0.15, 0.2) is 18.2 Å². The highest BCUT2D eigenvalue weighted by atomic mass is 35.5. The maximum absolute atomic E-state index is 13.2. The zero-order valence-corrected chi connectivity index (χ0v) is 10.8. The van der Waals surface area contributed by atoms with Gasteiger partial charge in [0.25, 0.3) is 0 Å². The first-order valence-electron chi connectivity index (χ1n) is 4.90. The summed E-state index contributed by atoms with van der Waals surface area (Å²) < 4.78 is 13.2. The molecule has 0 saturated heterocycles. The predicted octanol–water partition coefficient (Wildman–Crippen LogP) is 3.69. The Bertz CT molecular complexity index is 615. The molecule has 0 radical (unpaired) electrons. The summed E-state index contributed by atoms with van der Waals surface area (Å²) >= 11 is 6.56. The highest BCUT2D eigenvalue weighted by Gasteiger charge is 2.14. The summed E-state index contributed by atoms with van der Waals surface area (Å²) in [7, 11) is 0. The second kappa shape index (κ2) is 4.91. The molecule has 18 heavy (non-hydrogen) atoms. The molecule has 0 spiro atoms. The third-order valence-corrected chi connectivity index (χ3v) is 3.53. The molecule has 0 saturated carbocycles. The molecule has 2 N–H and O–H groups in total. The van der Waals surface area contributed by atoms with E-state index in [2.05, 4.69) is 10.3 Å². The van der Waals surface area contributed by atoms with Gasteiger partial charge in [0.15, 0.2) is 5.13 Å². The number of aromatic carboxylic acids is 1. The lowest BCUT2D eigenvalue weighted by Crippen LogP contribution is -1.94. The van der Waals surface area contributed by atoms with Crippen molar-refractivity contribution in [2.75, 3.05) is 5.32 Å². The Morgan fingerprint density at radius 2 is 2.28 bits per heavy atom. The van der Waals surface area contributed by atoms with E-state index in [-0.39, 0.29) is 9.90 Å². The van der Waals surface area contributed by atoms with Crippen molar-refractivity contribution in [1.29, 1.82) is 0 Å². The maximum Gasteiger partial charge on any atom is 0.347 e. The van der Waals surface area contributed by atoms with Crippen LogP contribution in [-0.2, 0) is 0 Å². The monoisotopic (exact) mass is 286 g/mol. The predicted molar refractivity (Wildman–Crippen MR) is 68.5 cm³/mol. The number of carboxylic acids is 1. The van der Waals surface area contributed by atoms with Crippen molar-refractivity contribution in [1.82, 2.24) is 4.98 Å². The van der Waals surface area contributed by atoms with Crippen LogP contribution in [0.25, 0.3) is 0 Å². The summed E-state index contributed by atoms with van der Waals surface area (Å²) in [6.45, 7) is 1.60. The lowest BCUT2D eigenvalue weighted by molar-refractivity contribution is 0.0701. The average Bonchev–Trinajstić information content (AvgIpc) is 2.65. The van der Waals surface area contributed by atoms with Crippen LogP contribution in [0.1, 0.15) is 15.4 Å². The Kier molecular flexibility index (Phi) is 3.49. The van der Waals surface area contributed by atoms with E-state index in [9.17, 15) is 9.18 Å². The average molecular weight is 287 g/mol. The Balaban J connectivity index is 2.26. The summed E-state index contributed by atoms with van der Waals surface area (Å²) in [5, 5.41) is 12.1. The van der Waals surface area contributed by atoms with Crippen LogP contribution in [0.3, 0.4) is 0 Å². The Labute approximate surface area is 111 Å². The van der Waals surface area contributed by atoms with Crippen LogP contribution in [0.5, 0.6) is 0 Å². The lowest BCUT2D eigenvalue weighted by Gasteiger charge is -2.02. The van der Waals surface area contributed by atoms with Gasteiger partial charge in [-0.2, -0.15) is 0 Å². The van der Waals surface area contributed by atoms with E-state index in [1.807, 2.05) is 0 Å². The number of nitrogens with one attached hydrogen (secondary N) is 1. The molecule has 1 aromatic heterocycles. The van der Waals surface area contributed by atoms with Gasteiger partial charge in [-0.1, -0.05) is 22.9 Å². The molecule has 0 fully saturated rings. The van der Waals surface area contributed by atoms with Gasteiger partial charge in [-0.15, -0.1) is 0 Å². The van der Waals surface area contributed by atoms with E-state index < -0.39 is 11.8 Å². The van der Waals surface area contributed by atoms with Gasteiger partial charge in [0.2, 0.25) is 0 Å². The minimum Gasteiger partial charge on any atom is -0.477 e. The Morgan fingerprint density at radius 1 is 1.56 bits per heavy atom. The van der Waals surface area contributed by atoms with Crippen molar-refractivity contribution in [2.24, 2.45) is 0 Å². The van der Waals surface area contributed by atoms with Gasteiger partial charge in [-0.05, 0) is 25.1 Å². The zero-order chi connectivity index (χ0) is 13.3. The number of aryl methyl sites for hydroxylation is 1. The van der Waals surface area contributed by atoms with Gasteiger partial charge < -0.3 is 10.4 Å². The molecule has 7 heteroatoms. The number of nitrogens with zero attached hydrogens (tertiary/aromatic N) is 1. The standard InChI is InChI=1S/C11H8ClFN2O2S/c1-5-9(10(16)17)18-11(14-5)15-6-2-3-7(12)8(13)4-6/h2-4H,1H3,(H,14,15)(H,16,17). The molecular formula is C11H8ClFN2O2S. The zero-order valence-electron chi connectivity index (χ0n) is 9.20. The van der Waals surface area contributed by atoms with Crippen molar-refractivity contribution in [3.05, 3.63) is 39.6 Å². The van der Waals surface area contributed by atoms with Gasteiger partial charge in [0.05, 0.1) is 10.7 Å². The molecular weight excluding hydrogens is 279 g/mol. The number of benzene rings is 1. The van der Waals surface area contributed by atoms with Gasteiger partial charge in [-0.25, -0.2) is 14.2 Å². The third kappa shape index (κ3) is 2.60. The molecule has 1 heterocycles. The quantitative estimate of drug-likeness (QED) is 0.903. The fourth-order valence-corrected chi connectivity index (χ4v) is 2.29. The van der Waals surface area contributed by atoms with E-state index in [4.69, 9.17) is 16.7 Å². The first-order valence-corrected chi connectivity index (χ1v) is 6.09. The number of hydrogen-bond donors (Lipinski definition) is 2. The minimum atomic E-state index is -1.03. The van der Waals surface area contributed by atoms with Gasteiger partial charge in [-0.3, -0.25) is 0 Å². The minimum absolute atomic E-state index is 0.0297. The number of carbonyl (C=O) groups is 1. The van der Waals surface area contributed by atoms with Crippen molar-refractivity contribution in [2.45, 2.75) is 6.92 Å². The van der Waals surface area contributed by atoms with Crippen LogP contribution in [0.2, 0.25) is 5.02 Å². The number of thiazole rings is 1. The van der Waals surface area contributed by atoms with E-state index >= 15 is 0 Å². The number of aromatic nitrogens is 1. The number of anilines is 2. The van der Waals surface area contributed by atoms with Crippen molar-refractivity contribution >= 4 is 39.7 Å². The highest BCUT2D eigenvalue weighted by Crippen LogP contribution is 2.27. The normalized spacial score (nSPS) is 10.4. The summed E-state index contributed by atoms with van der Waals surface area (Å²) in [5.41, 5.74) is 0.882. The smallest absolute Gasteiger partial charge is 0.347 e. The molecule has 2 rings (SSSR count). The van der Waals surface area contributed by atoms with Crippen LogP contribution in [0.4, 0.5) is 15.2 Å². The lowest BCUT2D eigenvalue weighted by atomic mass is 10.3. The molecule has 0 bridgehead atoms. The number of hydrogen-bond acceptors (Lipinski definition) is 4. The van der Waals surface area contributed by atoms with Crippen molar-refractivity contribution in [3.63, 3.8) is 0 Å². The first-order chi connectivity index (χ1) is 8.47. The molecule has 4 nitrogen and oxygen atoms in total. The molecule has 0 amide bonds. The maximum atomic E-state index is 13.2. The van der Waals surface area contributed by atoms with Crippen LogP contribution in [-0.4, -0.2) is 16.1 Å². The second-order valence-corrected chi connectivity index (χ2v) is 4.90. The number of halogens is 2. The van der Waals surface area contributed by atoms with Crippen LogP contribution in [0, 0.1) is 12.7 Å². The molecule has 0 aliphatic rings. The van der Waals surface area contributed by atoms with E-state index in [0.29, 0.717) is 16.5 Å². The summed E-state index contributed by atoms with van der Waals surface area (Å²) in [4.78, 5) is 15.1. The third-order valence-electron chi connectivity index (χ3n) is 2.16. The SMILES string of the molecule is Cc1nc(Nc2ccc(Cl)c(F)c2)sc1C(=O)O. The Hall–Kier alpha value is -1.66. The molecule has 1 aromatic carbocycles. The molecule has 2 aromatic rings. The van der Waals surface area contributed by atoms with Gasteiger partial charge >= 0.3 is 5.97 Å². The van der Waals surface area contributed by atoms with E-state index in [1.165, 1.54) is 12.1 Å². The van der Waals surface area contributed by atoms with E-state index in [0.717, 1.165) is 11.3 Å². The number of carboxylic acid groups (broad SMARTS) is 1. The fourth-order valence-electron chi connectivity index (χ4n) is 1.35. The van der Waals surface area contributed by atoms with Crippen molar-refractivity contribution < 1.29 is 14.3 Å². The Morgan fingerprint density at radius 3 is 2.83 bits per heavy atom. The summed E-state index contributed by atoms with van der Waals surface area (Å²) in [5.74, 6) is -1.58. The second-order valence-electron chi connectivity index (χ2n) is 3.49. The summed E-state index contributed by atoms with van der Waals surface area (Å²) in [6, 6.07) is 4.22. The van der Waals surface area contributed by atoms with Crippen LogP contribution < -0.4 is 5.32 Å². The topological polar surface area (TPSA) is 62.2 Å². The fraction of sp³-hybridized carbons (Fsp3) is 0.0909. The van der Waals surface area contributed by atoms with Gasteiger partial charge in [0.1, 0.15) is 10.7 Å². The molecule has 0 atom stereocenters. The number of rotatable bonds is 3. The molecule has 0 unspecified atom stereocenters. The summed E-state index contributed by atoms with van der Waals surface area (Å²) in [6.07, 6.45) is 0.